The van der Waals surface area contributed by atoms with Crippen molar-refractivity contribution in [1.29, 1.82) is 0 Å². The van der Waals surface area contributed by atoms with E-state index in [9.17, 15) is 0 Å². The van der Waals surface area contributed by atoms with Crippen LogP contribution in [0.1, 0.15) is 0 Å². The molecule has 0 amide bonds. The minimum absolute atomic E-state index is 0.392. The zero-order chi connectivity index (χ0) is 18.2. The molecule has 0 fully saturated rings. The van der Waals surface area contributed by atoms with E-state index in [0.29, 0.717) is 0 Å². The first-order valence-corrected chi connectivity index (χ1v) is 11.8. The van der Waals surface area contributed by atoms with Gasteiger partial charge in [-0.3, -0.25) is 0 Å². The second-order valence-corrected chi connectivity index (χ2v) is 10.4. The molecule has 0 aliphatic carbocycles. The van der Waals surface area contributed by atoms with Gasteiger partial charge in [-0.1, -0.05) is 0 Å². The Kier molecular flexibility index (Phi) is 2.92. The molecule has 0 N–H and O–H groups in total. The van der Waals surface area contributed by atoms with E-state index in [-0.39, 0.29) is 0 Å². The number of rotatable bonds is 0. The van der Waals surface area contributed by atoms with Crippen LogP contribution in [0.5, 0.6) is 0 Å². The Labute approximate surface area is 170 Å². The van der Waals surface area contributed by atoms with Crippen LogP contribution in [0.4, 0.5) is 0 Å². The SMILES string of the molecule is c1ccc2c(c1)oc1cccc3c1c2c1cccc2[te]c4ccccc4c3c21. The van der Waals surface area contributed by atoms with Gasteiger partial charge in [0.15, 0.2) is 0 Å². The van der Waals surface area contributed by atoms with E-state index in [1.807, 2.05) is 0 Å². The second kappa shape index (κ2) is 5.39. The molecule has 0 aliphatic heterocycles. The maximum atomic E-state index is 6.34. The van der Waals surface area contributed by atoms with Crippen molar-refractivity contribution in [3.05, 3.63) is 84.9 Å². The van der Waals surface area contributed by atoms with Gasteiger partial charge in [-0.15, -0.1) is 0 Å². The molecule has 0 aliphatic rings. The van der Waals surface area contributed by atoms with Crippen molar-refractivity contribution in [2.45, 2.75) is 0 Å². The fraction of sp³-hybridized carbons (Fsp3) is 0. The molecule has 28 heavy (non-hydrogen) atoms. The van der Waals surface area contributed by atoms with Crippen molar-refractivity contribution in [2.24, 2.45) is 0 Å². The van der Waals surface area contributed by atoms with E-state index in [4.69, 9.17) is 4.42 Å². The first-order chi connectivity index (χ1) is 13.9. The normalized spacial score (nSPS) is 12.3. The molecule has 0 spiro atoms. The van der Waals surface area contributed by atoms with E-state index in [2.05, 4.69) is 84.9 Å². The second-order valence-electron chi connectivity index (χ2n) is 7.30. The molecule has 1 nitrogen and oxygen atoms in total. The molecule has 0 bridgehead atoms. The summed E-state index contributed by atoms with van der Waals surface area (Å²) in [5.74, 6) is 0. The van der Waals surface area contributed by atoms with Crippen LogP contribution < -0.4 is 0 Å². The van der Waals surface area contributed by atoms with Crippen LogP contribution >= 0.6 is 0 Å². The molecule has 2 heteroatoms. The van der Waals surface area contributed by atoms with E-state index < -0.39 is 20.4 Å². The minimum atomic E-state index is -0.392. The fourth-order valence-electron chi connectivity index (χ4n) is 4.75. The summed E-state index contributed by atoms with van der Waals surface area (Å²) < 4.78 is 9.42. The molecule has 7 rings (SSSR count). The van der Waals surface area contributed by atoms with Crippen LogP contribution in [-0.4, -0.2) is 20.4 Å². The van der Waals surface area contributed by atoms with Gasteiger partial charge in [0.1, 0.15) is 0 Å². The summed E-state index contributed by atoms with van der Waals surface area (Å²) in [5, 5.41) is 10.7. The van der Waals surface area contributed by atoms with Crippen LogP contribution in [0.25, 0.3) is 61.1 Å². The van der Waals surface area contributed by atoms with Gasteiger partial charge in [0.05, 0.1) is 0 Å². The molecule has 0 radical (unpaired) electrons. The fourth-order valence-corrected chi connectivity index (χ4v) is 7.96. The predicted octanol–water partition coefficient (Wildman–Crippen LogP) is 7.26. The zero-order valence-corrected chi connectivity index (χ0v) is 17.2. The van der Waals surface area contributed by atoms with Gasteiger partial charge in [0, 0.05) is 0 Å². The summed E-state index contributed by atoms with van der Waals surface area (Å²) in [6.07, 6.45) is 0. The van der Waals surface area contributed by atoms with Crippen molar-refractivity contribution in [2.75, 3.05) is 0 Å². The Hall–Kier alpha value is -2.79. The Morgan fingerprint density at radius 1 is 0.429 bits per heavy atom. The first-order valence-electron chi connectivity index (χ1n) is 9.46. The van der Waals surface area contributed by atoms with Crippen molar-refractivity contribution >= 4 is 81.5 Å². The van der Waals surface area contributed by atoms with Gasteiger partial charge in [-0.25, -0.2) is 0 Å². The van der Waals surface area contributed by atoms with Gasteiger partial charge in [-0.2, -0.15) is 0 Å². The molecule has 0 atom stereocenters. The summed E-state index contributed by atoms with van der Waals surface area (Å²) in [7, 11) is 0. The van der Waals surface area contributed by atoms with Gasteiger partial charge >= 0.3 is 171 Å². The monoisotopic (exact) mass is 472 g/mol. The topological polar surface area (TPSA) is 13.1 Å². The summed E-state index contributed by atoms with van der Waals surface area (Å²) in [4.78, 5) is 0. The standard InChI is InChI=1S/C26H14OTe/c1-3-11-19-15(7-1)23-18-10-6-14-22-26(18)24(16-8-2-4-13-21(16)28-22)17-9-5-12-20(27-19)25(17)23/h1-14H. The Balaban J connectivity index is 1.98. The average Bonchev–Trinajstić information content (AvgIpc) is 2.75. The first kappa shape index (κ1) is 15.2. The Morgan fingerprint density at radius 3 is 1.96 bits per heavy atom. The third kappa shape index (κ3) is 1.82. The van der Waals surface area contributed by atoms with E-state index >= 15 is 0 Å². The third-order valence-corrected chi connectivity index (χ3v) is 9.09. The molecule has 2 heterocycles. The summed E-state index contributed by atoms with van der Waals surface area (Å²) >= 11 is -0.392. The molecule has 0 saturated heterocycles. The zero-order valence-electron chi connectivity index (χ0n) is 14.9. The number of hydrogen-bond acceptors (Lipinski definition) is 1. The number of para-hydroxylation sites is 1. The van der Waals surface area contributed by atoms with Crippen LogP contribution in [0.15, 0.2) is 89.3 Å². The van der Waals surface area contributed by atoms with Crippen molar-refractivity contribution in [3.8, 4) is 0 Å². The number of benzene rings is 5. The molecule has 0 unspecified atom stereocenters. The third-order valence-electron chi connectivity index (χ3n) is 5.84. The molecular weight excluding hydrogens is 456 g/mol. The van der Waals surface area contributed by atoms with E-state index in [1.54, 1.807) is 3.40 Å². The predicted molar refractivity (Wildman–Crippen MR) is 121 cm³/mol. The van der Waals surface area contributed by atoms with Crippen LogP contribution in [0, 0.1) is 0 Å². The van der Waals surface area contributed by atoms with Crippen molar-refractivity contribution in [1.82, 2.24) is 0 Å². The number of hydrogen-bond donors (Lipinski definition) is 0. The summed E-state index contributed by atoms with van der Waals surface area (Å²) in [5.41, 5.74) is 1.92. The summed E-state index contributed by atoms with van der Waals surface area (Å²) in [6.45, 7) is 0. The van der Waals surface area contributed by atoms with E-state index in [0.717, 1.165) is 11.2 Å². The van der Waals surface area contributed by atoms with Gasteiger partial charge in [0.2, 0.25) is 0 Å². The van der Waals surface area contributed by atoms with Crippen LogP contribution in [0.3, 0.4) is 0 Å². The summed E-state index contributed by atoms with van der Waals surface area (Å²) in [6, 6.07) is 30.8. The van der Waals surface area contributed by atoms with Gasteiger partial charge in [0.25, 0.3) is 0 Å². The molecule has 0 saturated carbocycles. The quantitative estimate of drug-likeness (QED) is 0.129. The molecule has 2 aromatic heterocycles. The van der Waals surface area contributed by atoms with E-state index in [1.165, 1.54) is 46.5 Å². The Morgan fingerprint density at radius 2 is 1.04 bits per heavy atom. The maximum absolute atomic E-state index is 6.34. The molecule has 7 aromatic rings. The number of fused-ring (bicyclic) bond motifs is 6. The molecule has 5 aromatic carbocycles. The Bertz CT molecular complexity index is 1590. The van der Waals surface area contributed by atoms with Crippen LogP contribution in [-0.2, 0) is 0 Å². The molecular formula is C26H14OTe. The van der Waals surface area contributed by atoms with Crippen molar-refractivity contribution < 1.29 is 4.42 Å². The van der Waals surface area contributed by atoms with Gasteiger partial charge in [-0.05, 0) is 0 Å². The van der Waals surface area contributed by atoms with Crippen molar-refractivity contribution in [3.63, 3.8) is 0 Å². The van der Waals surface area contributed by atoms with Gasteiger partial charge < -0.3 is 0 Å². The molecule has 130 valence electrons. The van der Waals surface area contributed by atoms with Crippen LogP contribution in [0.2, 0.25) is 0 Å². The average molecular weight is 470 g/mol.